The fraction of sp³-hybridized carbons (Fsp3) is 0.333. The van der Waals surface area contributed by atoms with Gasteiger partial charge in [-0.2, -0.15) is 0 Å². The van der Waals surface area contributed by atoms with Gasteiger partial charge in [-0.3, -0.25) is 9.78 Å². The molecule has 5 nitrogen and oxygen atoms in total. The Hall–Kier alpha value is -1.82. The largest absolute Gasteiger partial charge is 0.456 e. The number of hydrogen-bond acceptors (Lipinski definition) is 4. The number of hydrogen-bond donors (Lipinski definition) is 2. The van der Waals surface area contributed by atoms with Gasteiger partial charge in [-0.05, 0) is 68.2 Å². The summed E-state index contributed by atoms with van der Waals surface area (Å²) < 4.78 is 5.67. The Balaban J connectivity index is 0.00000156. The number of carbonyl (C=O) groups is 1. The molecule has 3 rings (SSSR count). The van der Waals surface area contributed by atoms with Crippen molar-refractivity contribution < 1.29 is 9.53 Å². The molecule has 0 spiro atoms. The number of nitrogens with one attached hydrogen (secondary N) is 2. The lowest BCUT2D eigenvalue weighted by molar-refractivity contribution is 0.0945. The molecule has 1 saturated heterocycles. The van der Waals surface area contributed by atoms with Crippen LogP contribution in [0, 0.1) is 5.92 Å². The lowest BCUT2D eigenvalue weighted by Crippen LogP contribution is -2.38. The summed E-state index contributed by atoms with van der Waals surface area (Å²) in [4.78, 5) is 16.2. The van der Waals surface area contributed by atoms with Gasteiger partial charge in [0.25, 0.3) is 5.91 Å². The molecule has 25 heavy (non-hydrogen) atoms. The number of amides is 1. The summed E-state index contributed by atoms with van der Waals surface area (Å²) in [6.45, 7) is 2.79. The molecule has 1 aromatic carbocycles. The smallest absolute Gasteiger partial charge is 0.251 e. The molecule has 2 N–H and O–H groups in total. The Labute approximate surface area is 160 Å². The van der Waals surface area contributed by atoms with Gasteiger partial charge < -0.3 is 15.4 Å². The van der Waals surface area contributed by atoms with Gasteiger partial charge in [0.2, 0.25) is 0 Å². The Morgan fingerprint density at radius 1 is 1.20 bits per heavy atom. The summed E-state index contributed by atoms with van der Waals surface area (Å²) in [5.74, 6) is 1.85. The summed E-state index contributed by atoms with van der Waals surface area (Å²) in [5.41, 5.74) is 0.646. The van der Waals surface area contributed by atoms with Crippen molar-refractivity contribution in [1.29, 1.82) is 0 Å². The molecule has 2 aromatic rings. The molecule has 1 atom stereocenters. The Morgan fingerprint density at radius 3 is 2.64 bits per heavy atom. The number of piperidine rings is 1. The van der Waals surface area contributed by atoms with Gasteiger partial charge in [0.15, 0.2) is 0 Å². The maximum atomic E-state index is 12.2. The topological polar surface area (TPSA) is 63.2 Å². The highest BCUT2D eigenvalue weighted by Gasteiger charge is 2.14. The van der Waals surface area contributed by atoms with E-state index in [-0.39, 0.29) is 30.7 Å². The third-order valence-electron chi connectivity index (χ3n) is 3.94. The summed E-state index contributed by atoms with van der Waals surface area (Å²) in [6.07, 6.45) is 5.70. The van der Waals surface area contributed by atoms with Crippen LogP contribution in [-0.2, 0) is 0 Å². The Kier molecular flexibility index (Phi) is 9.27. The molecule has 136 valence electrons. The van der Waals surface area contributed by atoms with Crippen molar-refractivity contribution in [2.24, 2.45) is 5.92 Å². The Bertz CT molecular complexity index is 633. The van der Waals surface area contributed by atoms with Crippen molar-refractivity contribution >= 4 is 30.7 Å². The zero-order valence-corrected chi connectivity index (χ0v) is 15.4. The van der Waals surface area contributed by atoms with Gasteiger partial charge in [-0.25, -0.2) is 0 Å². The quantitative estimate of drug-likeness (QED) is 0.829. The van der Waals surface area contributed by atoms with Crippen molar-refractivity contribution in [1.82, 2.24) is 15.6 Å². The number of aromatic nitrogens is 1. The SMILES string of the molecule is Cl.Cl.O=C(NCC1CCCNC1)c1ccc(Oc2cccnc2)cc1. The van der Waals surface area contributed by atoms with E-state index in [4.69, 9.17) is 4.74 Å². The fourth-order valence-electron chi connectivity index (χ4n) is 2.66. The summed E-state index contributed by atoms with van der Waals surface area (Å²) >= 11 is 0. The van der Waals surface area contributed by atoms with E-state index in [0.29, 0.717) is 23.0 Å². The van der Waals surface area contributed by atoms with Crippen molar-refractivity contribution in [3.63, 3.8) is 0 Å². The molecule has 1 aliphatic heterocycles. The summed E-state index contributed by atoms with van der Waals surface area (Å²) in [6, 6.07) is 10.8. The predicted octanol–water partition coefficient (Wildman–Crippen LogP) is 3.45. The molecule has 1 fully saturated rings. The second-order valence-electron chi connectivity index (χ2n) is 5.74. The molecule has 1 unspecified atom stereocenters. The Morgan fingerprint density at radius 2 is 2.00 bits per heavy atom. The van der Waals surface area contributed by atoms with Crippen LogP contribution in [0.3, 0.4) is 0 Å². The van der Waals surface area contributed by atoms with Gasteiger partial charge in [0.05, 0.1) is 6.20 Å². The van der Waals surface area contributed by atoms with E-state index in [1.807, 2.05) is 12.1 Å². The molecule has 1 aliphatic rings. The van der Waals surface area contributed by atoms with E-state index in [9.17, 15) is 4.79 Å². The molecule has 1 aromatic heterocycles. The number of carbonyl (C=O) groups excluding carboxylic acids is 1. The molecule has 7 heteroatoms. The van der Waals surface area contributed by atoms with Gasteiger partial charge in [0.1, 0.15) is 11.5 Å². The zero-order chi connectivity index (χ0) is 15.9. The molecule has 2 heterocycles. The molecular weight excluding hydrogens is 361 g/mol. The molecule has 0 saturated carbocycles. The molecule has 0 bridgehead atoms. The first-order valence-corrected chi connectivity index (χ1v) is 7.98. The van der Waals surface area contributed by atoms with E-state index >= 15 is 0 Å². The number of benzene rings is 1. The first-order valence-electron chi connectivity index (χ1n) is 7.98. The summed E-state index contributed by atoms with van der Waals surface area (Å²) in [7, 11) is 0. The molecule has 0 aliphatic carbocycles. The maximum absolute atomic E-state index is 12.2. The van der Waals surface area contributed by atoms with Gasteiger partial charge in [0, 0.05) is 18.3 Å². The van der Waals surface area contributed by atoms with Gasteiger partial charge in [-0.15, -0.1) is 24.8 Å². The van der Waals surface area contributed by atoms with E-state index in [1.165, 1.54) is 12.8 Å². The standard InChI is InChI=1S/C18H21N3O2.2ClH/c22-18(21-12-14-3-1-9-19-11-14)15-5-7-16(8-6-15)23-17-4-2-10-20-13-17;;/h2,4-8,10,13-14,19H,1,3,9,11-12H2,(H,21,22);2*1H. The highest BCUT2D eigenvalue weighted by atomic mass is 35.5. The van der Waals surface area contributed by atoms with E-state index in [1.54, 1.807) is 36.7 Å². The van der Waals surface area contributed by atoms with E-state index in [2.05, 4.69) is 15.6 Å². The van der Waals surface area contributed by atoms with Crippen LogP contribution in [-0.4, -0.2) is 30.5 Å². The van der Waals surface area contributed by atoms with Crippen molar-refractivity contribution in [3.05, 3.63) is 54.4 Å². The first-order chi connectivity index (χ1) is 11.3. The molecule has 0 radical (unpaired) electrons. The number of halogens is 2. The maximum Gasteiger partial charge on any atom is 0.251 e. The minimum atomic E-state index is -0.0384. The van der Waals surface area contributed by atoms with Crippen LogP contribution in [0.1, 0.15) is 23.2 Å². The van der Waals surface area contributed by atoms with Crippen molar-refractivity contribution in [2.45, 2.75) is 12.8 Å². The number of nitrogens with zero attached hydrogens (tertiary/aromatic N) is 1. The average Bonchev–Trinajstić information content (AvgIpc) is 2.62. The van der Waals surface area contributed by atoms with Crippen LogP contribution in [0.5, 0.6) is 11.5 Å². The van der Waals surface area contributed by atoms with Crippen molar-refractivity contribution in [2.75, 3.05) is 19.6 Å². The summed E-state index contributed by atoms with van der Waals surface area (Å²) in [5, 5.41) is 6.36. The second kappa shape index (κ2) is 10.9. The zero-order valence-electron chi connectivity index (χ0n) is 13.8. The third kappa shape index (κ3) is 6.53. The number of pyridine rings is 1. The lowest BCUT2D eigenvalue weighted by Gasteiger charge is -2.22. The van der Waals surface area contributed by atoms with E-state index in [0.717, 1.165) is 19.6 Å². The minimum Gasteiger partial charge on any atom is -0.456 e. The van der Waals surface area contributed by atoms with Crippen LogP contribution >= 0.6 is 24.8 Å². The van der Waals surface area contributed by atoms with Crippen LogP contribution in [0.4, 0.5) is 0 Å². The third-order valence-corrected chi connectivity index (χ3v) is 3.94. The molecule has 1 amide bonds. The monoisotopic (exact) mass is 383 g/mol. The second-order valence-corrected chi connectivity index (χ2v) is 5.74. The average molecular weight is 384 g/mol. The van der Waals surface area contributed by atoms with Gasteiger partial charge in [-0.1, -0.05) is 0 Å². The van der Waals surface area contributed by atoms with Crippen LogP contribution in [0.15, 0.2) is 48.8 Å². The highest BCUT2D eigenvalue weighted by molar-refractivity contribution is 5.94. The first kappa shape index (κ1) is 21.2. The van der Waals surface area contributed by atoms with Crippen LogP contribution in [0.2, 0.25) is 0 Å². The number of ether oxygens (including phenoxy) is 1. The minimum absolute atomic E-state index is 0. The molecular formula is C18H23Cl2N3O2. The van der Waals surface area contributed by atoms with E-state index < -0.39 is 0 Å². The predicted molar refractivity (Wildman–Crippen MR) is 103 cm³/mol. The van der Waals surface area contributed by atoms with Gasteiger partial charge >= 0.3 is 0 Å². The van der Waals surface area contributed by atoms with Crippen molar-refractivity contribution in [3.8, 4) is 11.5 Å². The van der Waals surface area contributed by atoms with Crippen LogP contribution < -0.4 is 15.4 Å². The highest BCUT2D eigenvalue weighted by Crippen LogP contribution is 2.20. The lowest BCUT2D eigenvalue weighted by atomic mass is 10.00. The normalized spacial score (nSPS) is 16.1. The number of rotatable bonds is 5. The fourth-order valence-corrected chi connectivity index (χ4v) is 2.66. The van der Waals surface area contributed by atoms with Crippen LogP contribution in [0.25, 0.3) is 0 Å².